The first-order valence-corrected chi connectivity index (χ1v) is 14.0. The van der Waals surface area contributed by atoms with Crippen LogP contribution in [0.4, 0.5) is 15.1 Å². The first-order chi connectivity index (χ1) is 18.9. The molecule has 4 N–H and O–H groups in total. The highest BCUT2D eigenvalue weighted by atomic mass is 31.2. The van der Waals surface area contributed by atoms with Crippen molar-refractivity contribution in [2.45, 2.75) is 45.3 Å². The number of aromatic amines is 1. The van der Waals surface area contributed by atoms with Gasteiger partial charge in [-0.05, 0) is 46.3 Å². The molecule has 0 radical (unpaired) electrons. The Balaban J connectivity index is 1.73. The molecule has 0 bridgehead atoms. The van der Waals surface area contributed by atoms with Crippen molar-refractivity contribution in [1.29, 1.82) is 0 Å². The molecule has 0 spiro atoms. The van der Waals surface area contributed by atoms with Crippen molar-refractivity contribution in [3.63, 3.8) is 0 Å². The Morgan fingerprint density at radius 2 is 2.15 bits per heavy atom. The molecule has 40 heavy (non-hydrogen) atoms. The lowest BCUT2D eigenvalue weighted by atomic mass is 9.98. The Morgan fingerprint density at radius 3 is 2.73 bits per heavy atom. The molecule has 14 nitrogen and oxygen atoms in total. The lowest BCUT2D eigenvalue weighted by molar-refractivity contribution is -0.694. The summed E-state index contributed by atoms with van der Waals surface area (Å²) in [6, 6.07) is 1.06. The summed E-state index contributed by atoms with van der Waals surface area (Å²) in [5, 5.41) is 29.1. The zero-order valence-electron chi connectivity index (χ0n) is 22.2. The van der Waals surface area contributed by atoms with Crippen molar-refractivity contribution in [2.75, 3.05) is 18.5 Å². The van der Waals surface area contributed by atoms with Crippen molar-refractivity contribution in [3.05, 3.63) is 58.9 Å². The summed E-state index contributed by atoms with van der Waals surface area (Å²) in [5.41, 5.74) is -0.109. The molecular weight excluding hydrogens is 546 g/mol. The van der Waals surface area contributed by atoms with Crippen LogP contribution in [-0.2, 0) is 19.4 Å². The number of amides is 2. The van der Waals surface area contributed by atoms with Crippen LogP contribution in [0.25, 0.3) is 22.2 Å². The summed E-state index contributed by atoms with van der Waals surface area (Å²) in [4.78, 5) is 26.8. The molecule has 1 aromatic carbocycles. The number of hydrogen-bond donors (Lipinski definition) is 4. The van der Waals surface area contributed by atoms with Gasteiger partial charge in [0.2, 0.25) is 5.95 Å². The second kappa shape index (κ2) is 11.4. The predicted octanol–water partition coefficient (Wildman–Crippen LogP) is 3.25. The van der Waals surface area contributed by atoms with Gasteiger partial charge < -0.3 is 25.5 Å². The van der Waals surface area contributed by atoms with E-state index >= 15 is 4.39 Å². The monoisotopic (exact) mass is 576 g/mol. The summed E-state index contributed by atoms with van der Waals surface area (Å²) in [5.74, 6) is -0.466. The molecule has 3 aromatic rings. The quantitative estimate of drug-likeness (QED) is 0.122. The van der Waals surface area contributed by atoms with Crippen LogP contribution in [0.5, 0.6) is 0 Å². The third-order valence-corrected chi connectivity index (χ3v) is 8.20. The van der Waals surface area contributed by atoms with Crippen LogP contribution in [0, 0.1) is 16.2 Å². The van der Waals surface area contributed by atoms with E-state index in [9.17, 15) is 19.8 Å². The molecule has 2 aromatic heterocycles. The zero-order chi connectivity index (χ0) is 29.2. The fourth-order valence-corrected chi connectivity index (χ4v) is 5.61. The lowest BCUT2D eigenvalue weighted by Crippen LogP contribution is -2.98. The van der Waals surface area contributed by atoms with E-state index in [0.29, 0.717) is 42.4 Å². The zero-order valence-corrected chi connectivity index (χ0v) is 23.1. The minimum absolute atomic E-state index is 0.0222. The maximum absolute atomic E-state index is 16.1. The molecule has 0 saturated carbocycles. The highest BCUT2D eigenvalue weighted by Gasteiger charge is 2.48. The maximum Gasteiger partial charge on any atom is 0.668 e. The molecule has 3 heterocycles. The van der Waals surface area contributed by atoms with E-state index in [2.05, 4.69) is 43.9 Å². The summed E-state index contributed by atoms with van der Waals surface area (Å²) < 4.78 is 39.9. The summed E-state index contributed by atoms with van der Waals surface area (Å²) in [6.45, 7) is 11.8. The smallest absolute Gasteiger partial charge is 0.620 e. The van der Waals surface area contributed by atoms with Gasteiger partial charge in [0, 0.05) is 42.2 Å². The SMILES string of the molecule is C=C[NH+]([O-])P(=O)(OC(C)(C)c1ncc(-c2cc3[nH]c(NC(=O)NCC)nc3c([C@H]3CCCO3)c2F)cn1)[N+](=C)[O-]. The average Bonchev–Trinajstić information content (AvgIpc) is 3.57. The number of carbonyl (C=O) groups is 1. The molecule has 2 unspecified atom stereocenters. The van der Waals surface area contributed by atoms with E-state index < -0.39 is 36.1 Å². The van der Waals surface area contributed by atoms with Crippen LogP contribution in [0.3, 0.4) is 0 Å². The number of H-pyrrole nitrogens is 1. The average molecular weight is 577 g/mol. The molecule has 1 aliphatic heterocycles. The first kappa shape index (κ1) is 29.2. The molecule has 1 fully saturated rings. The number of hydroxylamine groups is 1. The molecule has 4 rings (SSSR count). The summed E-state index contributed by atoms with van der Waals surface area (Å²) in [7, 11) is -4.60. The second-order valence-corrected chi connectivity index (χ2v) is 11.5. The third kappa shape index (κ3) is 5.60. The van der Waals surface area contributed by atoms with E-state index in [1.54, 1.807) is 6.92 Å². The number of fused-ring (bicyclic) bond motifs is 1. The normalized spacial score (nSPS) is 17.8. The van der Waals surface area contributed by atoms with E-state index in [0.717, 1.165) is 6.42 Å². The number of urea groups is 1. The standard InChI is InChI=1S/C24H30FN8O6P/c1-6-26-23(34)31-22-29-16-11-15(19(25)18(20(16)30-22)17-9-8-10-38-17)14-12-27-21(28-13-14)24(3,4)39-40(37,32(5)35)33(36)7-2/h7,11-13,17,33H,2,5-6,8-10H2,1,3-4H3,(H3,26,29,30,31,34)/t17-,40?/m1/s1. The van der Waals surface area contributed by atoms with Crippen molar-refractivity contribution >= 4 is 37.4 Å². The molecule has 1 saturated heterocycles. The van der Waals surface area contributed by atoms with Gasteiger partial charge in [0.25, 0.3) is 0 Å². The van der Waals surface area contributed by atoms with Crippen molar-refractivity contribution in [2.24, 2.45) is 0 Å². The number of anilines is 1. The number of nitrogens with one attached hydrogen (secondary N) is 4. The Labute approximate surface area is 229 Å². The highest BCUT2D eigenvalue weighted by molar-refractivity contribution is 7.45. The van der Waals surface area contributed by atoms with Crippen molar-refractivity contribution in [1.82, 2.24) is 25.3 Å². The number of carbonyl (C=O) groups excluding carboxylic acids is 1. The number of imidazole rings is 1. The van der Waals surface area contributed by atoms with Gasteiger partial charge in [-0.15, -0.1) is 4.51 Å². The predicted molar refractivity (Wildman–Crippen MR) is 145 cm³/mol. The number of rotatable bonds is 10. The Bertz CT molecular complexity index is 1490. The van der Waals surface area contributed by atoms with Crippen LogP contribution in [0.2, 0.25) is 0 Å². The minimum Gasteiger partial charge on any atom is -0.620 e. The van der Waals surface area contributed by atoms with E-state index in [1.807, 2.05) is 0 Å². The molecule has 2 amide bonds. The van der Waals surface area contributed by atoms with Gasteiger partial charge in [0.1, 0.15) is 11.4 Å². The van der Waals surface area contributed by atoms with Gasteiger partial charge >= 0.3 is 13.7 Å². The Kier molecular flexibility index (Phi) is 8.33. The van der Waals surface area contributed by atoms with Crippen LogP contribution in [-0.4, -0.2) is 50.3 Å². The van der Waals surface area contributed by atoms with Gasteiger partial charge in [-0.3, -0.25) is 5.32 Å². The molecule has 16 heteroatoms. The topological polar surface area (TPSA) is 185 Å². The number of benzene rings is 1. The first-order valence-electron chi connectivity index (χ1n) is 12.4. The van der Waals surface area contributed by atoms with E-state index in [-0.39, 0.29) is 27.4 Å². The molecule has 1 aliphatic rings. The fourth-order valence-electron chi connectivity index (χ4n) is 4.28. The molecule has 0 aliphatic carbocycles. The maximum atomic E-state index is 16.1. The summed E-state index contributed by atoms with van der Waals surface area (Å²) in [6.07, 6.45) is 4.19. The largest absolute Gasteiger partial charge is 0.668 e. The minimum atomic E-state index is -4.60. The Morgan fingerprint density at radius 1 is 1.45 bits per heavy atom. The molecule has 214 valence electrons. The van der Waals surface area contributed by atoms with E-state index in [1.165, 1.54) is 32.3 Å². The van der Waals surface area contributed by atoms with Gasteiger partial charge in [-0.2, -0.15) is 4.57 Å². The van der Waals surface area contributed by atoms with Gasteiger partial charge in [-0.25, -0.2) is 33.5 Å². The fraction of sp³-hybridized carbons (Fsp3) is 0.375. The summed E-state index contributed by atoms with van der Waals surface area (Å²) >= 11 is 0. The number of halogens is 1. The molecular formula is C24H30FN8O6P. The van der Waals surface area contributed by atoms with Gasteiger partial charge in [0.05, 0.1) is 23.3 Å². The number of aromatic nitrogens is 4. The molecule has 3 atom stereocenters. The van der Waals surface area contributed by atoms with Gasteiger partial charge in [-0.1, -0.05) is 0 Å². The van der Waals surface area contributed by atoms with Crippen molar-refractivity contribution in [3.8, 4) is 11.1 Å². The Hall–Kier alpha value is -3.75. The third-order valence-electron chi connectivity index (χ3n) is 6.17. The van der Waals surface area contributed by atoms with Crippen molar-refractivity contribution < 1.29 is 32.4 Å². The number of ether oxygens (including phenoxy) is 1. The lowest BCUT2D eigenvalue weighted by Gasteiger charge is -2.29. The number of quaternary nitrogens is 1. The highest BCUT2D eigenvalue weighted by Crippen LogP contribution is 2.45. The van der Waals surface area contributed by atoms with Crippen LogP contribution >= 0.6 is 7.67 Å². The van der Waals surface area contributed by atoms with Gasteiger partial charge in [0.15, 0.2) is 12.5 Å². The number of nitrogens with zero attached hydrogens (tertiary/aromatic N) is 4. The van der Waals surface area contributed by atoms with Crippen LogP contribution < -0.4 is 15.5 Å². The number of hydrogen-bond acceptors (Lipinski definition) is 9. The van der Waals surface area contributed by atoms with Crippen LogP contribution in [0.1, 0.15) is 51.1 Å². The van der Waals surface area contributed by atoms with Crippen LogP contribution in [0.15, 0.2) is 31.2 Å². The van der Waals surface area contributed by atoms with E-state index in [4.69, 9.17) is 9.26 Å². The second-order valence-electron chi connectivity index (χ2n) is 9.43.